The number of methoxy groups -OCH3 is 1. The van der Waals surface area contributed by atoms with E-state index >= 15 is 0 Å². The van der Waals surface area contributed by atoms with Crippen molar-refractivity contribution in [3.8, 4) is 27.6 Å². The molecule has 11 rings (SSSR count). The molecule has 13 heteroatoms. The van der Waals surface area contributed by atoms with E-state index in [0.29, 0.717) is 54.1 Å². The predicted molar refractivity (Wildman–Crippen MR) is 186 cm³/mol. The van der Waals surface area contributed by atoms with E-state index < -0.39 is 11.3 Å². The minimum Gasteiger partial charge on any atom is -0.493 e. The van der Waals surface area contributed by atoms with Crippen LogP contribution < -0.4 is 15.8 Å². The first kappa shape index (κ1) is 30.4. The van der Waals surface area contributed by atoms with E-state index in [9.17, 15) is 18.4 Å². The molecule has 3 aliphatic heterocycles. The molecule has 4 aromatic heterocycles. The van der Waals surface area contributed by atoms with E-state index in [1.807, 2.05) is 23.1 Å². The normalized spacial score (nSPS) is 21.2. The van der Waals surface area contributed by atoms with E-state index in [4.69, 9.17) is 19.1 Å². The number of nitrogens with zero attached hydrogens (tertiary/aromatic N) is 4. The number of nitrogens with one attached hydrogen (secondary N) is 2. The molecule has 5 aliphatic rings. The first-order chi connectivity index (χ1) is 24.8. The fraction of sp³-hybridized carbons (Fsp3) is 0.289. The minimum absolute atomic E-state index is 0.0516. The lowest BCUT2D eigenvalue weighted by atomic mass is 9.71. The summed E-state index contributed by atoms with van der Waals surface area (Å²) in [4.78, 5) is 39.5. The number of H-pyrrole nitrogens is 1. The molecule has 1 spiro atoms. The molecule has 2 aliphatic carbocycles. The highest BCUT2D eigenvalue weighted by molar-refractivity contribution is 7.22. The predicted octanol–water partition coefficient (Wildman–Crippen LogP) is 6.95. The summed E-state index contributed by atoms with van der Waals surface area (Å²) in [5.74, 6) is -0.683. The number of hydrogen-bond acceptors (Lipinski definition) is 9. The van der Waals surface area contributed by atoms with Crippen LogP contribution in [0.4, 0.5) is 14.5 Å². The molecular weight excluding hydrogens is 675 g/mol. The molecule has 7 heterocycles. The van der Waals surface area contributed by atoms with Gasteiger partial charge in [0.15, 0.2) is 11.6 Å². The molecule has 256 valence electrons. The van der Waals surface area contributed by atoms with Gasteiger partial charge in [-0.1, -0.05) is 18.2 Å². The smallest absolute Gasteiger partial charge is 0.434 e. The van der Waals surface area contributed by atoms with Crippen molar-refractivity contribution in [2.75, 3.05) is 19.0 Å². The highest BCUT2D eigenvalue weighted by Crippen LogP contribution is 2.63. The number of carbonyl (C=O) groups excluding carboxylic acids is 1. The maximum atomic E-state index is 14.5. The molecule has 2 N–H and O–H groups in total. The fourth-order valence-electron chi connectivity index (χ4n) is 8.88. The Hall–Kier alpha value is -5.43. The summed E-state index contributed by atoms with van der Waals surface area (Å²) in [6, 6.07) is 13.4. The third-order valence-corrected chi connectivity index (χ3v) is 12.3. The summed E-state index contributed by atoms with van der Waals surface area (Å²) in [5.41, 5.74) is 6.97. The van der Waals surface area contributed by atoms with E-state index in [1.165, 1.54) is 36.6 Å². The number of hydrogen-bond donors (Lipinski definition) is 2. The lowest BCUT2D eigenvalue weighted by molar-refractivity contribution is 0.0637. The van der Waals surface area contributed by atoms with E-state index in [2.05, 4.69) is 15.5 Å². The van der Waals surface area contributed by atoms with Gasteiger partial charge in [0, 0.05) is 28.7 Å². The van der Waals surface area contributed by atoms with Gasteiger partial charge in [-0.25, -0.2) is 18.7 Å². The topological polar surface area (TPSA) is 126 Å². The van der Waals surface area contributed by atoms with Crippen LogP contribution in [0.3, 0.4) is 0 Å². The van der Waals surface area contributed by atoms with Crippen molar-refractivity contribution in [1.29, 1.82) is 0 Å². The summed E-state index contributed by atoms with van der Waals surface area (Å²) in [5, 5.41) is 10.3. The molecule has 2 aromatic carbocycles. The molecule has 2 bridgehead atoms. The number of amides is 1. The van der Waals surface area contributed by atoms with E-state index in [1.54, 1.807) is 18.3 Å². The Morgan fingerprint density at radius 1 is 1.08 bits per heavy atom. The summed E-state index contributed by atoms with van der Waals surface area (Å²) >= 11 is 1.49. The first-order valence-electron chi connectivity index (χ1n) is 17.0. The number of thiophene rings is 1. The van der Waals surface area contributed by atoms with Gasteiger partial charge in [0.05, 0.1) is 57.1 Å². The van der Waals surface area contributed by atoms with Crippen LogP contribution in [0.2, 0.25) is 0 Å². The second-order valence-electron chi connectivity index (χ2n) is 13.9. The zero-order chi connectivity index (χ0) is 34.6. The monoisotopic (exact) mass is 704 g/mol. The molecule has 10 nitrogen and oxygen atoms in total. The Bertz CT molecular complexity index is 2490. The molecule has 1 saturated carbocycles. The fourth-order valence-corrected chi connectivity index (χ4v) is 10.0. The van der Waals surface area contributed by atoms with Crippen LogP contribution in [0.5, 0.6) is 5.75 Å². The highest BCUT2D eigenvalue weighted by atomic mass is 32.1. The molecule has 1 amide bonds. The molecule has 6 aromatic rings. The van der Waals surface area contributed by atoms with Gasteiger partial charge in [0.2, 0.25) is 0 Å². The van der Waals surface area contributed by atoms with Crippen molar-refractivity contribution < 1.29 is 22.7 Å². The summed E-state index contributed by atoms with van der Waals surface area (Å²) in [6.45, 7) is 0.686. The number of ether oxygens (including phenoxy) is 1. The van der Waals surface area contributed by atoms with Gasteiger partial charge in [-0.3, -0.25) is 14.8 Å². The van der Waals surface area contributed by atoms with E-state index in [-0.39, 0.29) is 35.2 Å². The van der Waals surface area contributed by atoms with Crippen LogP contribution in [0.25, 0.3) is 32.1 Å². The molecule has 0 radical (unpaired) electrons. The van der Waals surface area contributed by atoms with Gasteiger partial charge in [-0.15, -0.1) is 16.4 Å². The van der Waals surface area contributed by atoms with Gasteiger partial charge in [-0.05, 0) is 85.9 Å². The zero-order valence-corrected chi connectivity index (χ0v) is 28.2. The maximum Gasteiger partial charge on any atom is 0.434 e. The van der Waals surface area contributed by atoms with Gasteiger partial charge in [0.25, 0.3) is 11.8 Å². The third-order valence-electron chi connectivity index (χ3n) is 11.1. The van der Waals surface area contributed by atoms with Gasteiger partial charge in [-0.2, -0.15) is 0 Å². The van der Waals surface area contributed by atoms with Crippen LogP contribution in [0, 0.1) is 17.6 Å². The van der Waals surface area contributed by atoms with Crippen molar-refractivity contribution in [2.24, 2.45) is 5.92 Å². The van der Waals surface area contributed by atoms with Crippen molar-refractivity contribution in [3.63, 3.8) is 0 Å². The SMILES string of the molecule is COc1c(F)ccc2c1CCC2Nc1ccnc2cc(-c3c4c(nc(CCc5ccc(F)cc5)c3-c3n[nH]c(=O)o3)C35CC(CN3C4=O)C5)sc12. The number of rotatable bonds is 8. The van der Waals surface area contributed by atoms with Crippen molar-refractivity contribution >= 4 is 33.1 Å². The number of anilines is 1. The van der Waals surface area contributed by atoms with Crippen LogP contribution in [-0.4, -0.2) is 44.6 Å². The number of aromatic amines is 1. The molecule has 3 fully saturated rings. The molecule has 1 atom stereocenters. The number of benzene rings is 2. The van der Waals surface area contributed by atoms with Gasteiger partial charge < -0.3 is 19.4 Å². The van der Waals surface area contributed by atoms with Gasteiger partial charge >= 0.3 is 5.76 Å². The molecule has 51 heavy (non-hydrogen) atoms. The number of fused-ring (bicyclic) bond motifs is 3. The zero-order valence-electron chi connectivity index (χ0n) is 27.4. The number of pyridine rings is 2. The minimum atomic E-state index is -0.717. The maximum absolute atomic E-state index is 14.5. The molecular formula is C38H30F2N6O4S. The number of carbonyl (C=O) groups is 1. The average Bonchev–Trinajstić information content (AvgIpc) is 3.96. The standard InChI is InChI=1S/C38H30F2N6O4S/c1-49-32-22-8-11-24(21(22)7-9-23(32)40)42-26-12-13-41-27-14-28(51-33(26)27)30-29(35-44-45-37(48)50-35)25(10-4-18-2-5-20(39)6-3-18)43-34-31(30)36(47)46-17-19-15-38(34,46)16-19/h2-3,5-7,9,12-14,19,24H,4,8,10-11,15-17H2,1H3,(H,41,42)(H,45,48). The quantitative estimate of drug-likeness (QED) is 0.175. The number of aryl methyl sites for hydroxylation is 2. The Balaban J connectivity index is 1.14. The molecule has 2 saturated heterocycles. The second-order valence-corrected chi connectivity index (χ2v) is 14.9. The summed E-state index contributed by atoms with van der Waals surface area (Å²) < 4.78 is 40.1. The van der Waals surface area contributed by atoms with Crippen LogP contribution >= 0.6 is 11.3 Å². The lowest BCUT2D eigenvalue weighted by Crippen LogP contribution is -2.40. The number of halogens is 2. The lowest BCUT2D eigenvalue weighted by Gasteiger charge is -2.37. The highest BCUT2D eigenvalue weighted by Gasteiger charge is 2.65. The van der Waals surface area contributed by atoms with Crippen LogP contribution in [0.15, 0.2) is 63.9 Å². The van der Waals surface area contributed by atoms with Gasteiger partial charge in [0.1, 0.15) is 5.82 Å². The number of aromatic nitrogens is 4. The summed E-state index contributed by atoms with van der Waals surface area (Å²) in [7, 11) is 1.49. The average molecular weight is 705 g/mol. The largest absolute Gasteiger partial charge is 0.493 e. The summed E-state index contributed by atoms with van der Waals surface area (Å²) in [6.07, 6.45) is 5.91. The molecule has 1 unspecified atom stereocenters. The van der Waals surface area contributed by atoms with Crippen molar-refractivity contribution in [3.05, 3.63) is 111 Å². The van der Waals surface area contributed by atoms with Crippen LogP contribution in [0.1, 0.15) is 63.7 Å². The van der Waals surface area contributed by atoms with E-state index in [0.717, 1.165) is 62.4 Å². The Labute approximate surface area is 293 Å². The third kappa shape index (κ3) is 4.46. The van der Waals surface area contributed by atoms with Crippen LogP contribution in [-0.2, 0) is 24.8 Å². The van der Waals surface area contributed by atoms with Crippen molar-refractivity contribution in [2.45, 2.75) is 50.1 Å². The second kappa shape index (κ2) is 11.0. The first-order valence-corrected chi connectivity index (χ1v) is 17.8. The van der Waals surface area contributed by atoms with Crippen molar-refractivity contribution in [1.82, 2.24) is 25.1 Å². The Kier molecular flexibility index (Phi) is 6.58. The Morgan fingerprint density at radius 3 is 2.71 bits per heavy atom. The Morgan fingerprint density at radius 2 is 1.92 bits per heavy atom.